The van der Waals surface area contributed by atoms with Crippen molar-refractivity contribution in [2.24, 2.45) is 0 Å². The molecule has 2 atom stereocenters. The predicted octanol–water partition coefficient (Wildman–Crippen LogP) is 3.14. The van der Waals surface area contributed by atoms with Gasteiger partial charge in [0.25, 0.3) is 0 Å². The fourth-order valence-corrected chi connectivity index (χ4v) is 1.11. The summed E-state index contributed by atoms with van der Waals surface area (Å²) in [5, 5.41) is -0.696. The molecule has 11 heavy (non-hydrogen) atoms. The van der Waals surface area contributed by atoms with Gasteiger partial charge >= 0.3 is 0 Å². The van der Waals surface area contributed by atoms with Crippen molar-refractivity contribution in [3.63, 3.8) is 0 Å². The van der Waals surface area contributed by atoms with Gasteiger partial charge in [0, 0.05) is 6.42 Å². The fraction of sp³-hybridized carbons (Fsp3) is 0.500. The summed E-state index contributed by atoms with van der Waals surface area (Å²) in [6.07, 6.45) is 3.66. The van der Waals surface area contributed by atoms with E-state index in [4.69, 9.17) is 11.6 Å². The van der Waals surface area contributed by atoms with Crippen LogP contribution in [0.1, 0.15) is 13.3 Å². The Morgan fingerprint density at radius 2 is 2.36 bits per heavy atom. The molecule has 0 saturated carbocycles. The van der Waals surface area contributed by atoms with Crippen LogP contribution in [0.2, 0.25) is 0 Å². The average Bonchev–Trinajstić information content (AvgIpc) is 1.86. The molecule has 0 fully saturated rings. The van der Waals surface area contributed by atoms with Crippen molar-refractivity contribution in [2.45, 2.75) is 24.4 Å². The summed E-state index contributed by atoms with van der Waals surface area (Å²) >= 11 is 5.54. The van der Waals surface area contributed by atoms with Crippen LogP contribution in [0.3, 0.4) is 0 Å². The van der Waals surface area contributed by atoms with Gasteiger partial charge in [-0.25, -0.2) is 8.78 Å². The Morgan fingerprint density at radius 3 is 2.73 bits per heavy atom. The van der Waals surface area contributed by atoms with E-state index < -0.39 is 16.9 Å². The summed E-state index contributed by atoms with van der Waals surface area (Å²) < 4.78 is 26.0. The fourth-order valence-electron chi connectivity index (χ4n) is 0.962. The van der Waals surface area contributed by atoms with Crippen LogP contribution >= 0.6 is 11.6 Å². The van der Waals surface area contributed by atoms with Crippen LogP contribution in [0, 0.1) is 0 Å². The van der Waals surface area contributed by atoms with Crippen LogP contribution in [0.25, 0.3) is 0 Å². The highest BCUT2D eigenvalue weighted by Gasteiger charge is 2.34. The second kappa shape index (κ2) is 2.94. The normalized spacial score (nSPS) is 33.3. The highest BCUT2D eigenvalue weighted by atomic mass is 35.5. The van der Waals surface area contributed by atoms with Gasteiger partial charge in [-0.3, -0.25) is 0 Å². The van der Waals surface area contributed by atoms with Crippen molar-refractivity contribution in [3.05, 3.63) is 24.1 Å². The van der Waals surface area contributed by atoms with Gasteiger partial charge in [-0.1, -0.05) is 6.08 Å². The molecule has 0 radical (unpaired) electrons. The van der Waals surface area contributed by atoms with Crippen molar-refractivity contribution in [1.82, 2.24) is 0 Å². The molecule has 2 unspecified atom stereocenters. The van der Waals surface area contributed by atoms with Crippen LogP contribution in [0.4, 0.5) is 8.78 Å². The van der Waals surface area contributed by atoms with E-state index in [9.17, 15) is 8.78 Å². The van der Waals surface area contributed by atoms with Crippen molar-refractivity contribution in [3.8, 4) is 0 Å². The zero-order valence-electron chi connectivity index (χ0n) is 6.15. The maximum atomic E-state index is 13.4. The highest BCUT2D eigenvalue weighted by Crippen LogP contribution is 2.33. The van der Waals surface area contributed by atoms with Crippen molar-refractivity contribution in [2.75, 3.05) is 0 Å². The van der Waals surface area contributed by atoms with E-state index in [1.165, 1.54) is 25.2 Å². The van der Waals surface area contributed by atoms with Crippen LogP contribution in [0.5, 0.6) is 0 Å². The molecule has 0 N–H and O–H groups in total. The van der Waals surface area contributed by atoms with Crippen LogP contribution < -0.4 is 0 Å². The first-order valence-corrected chi connectivity index (χ1v) is 3.85. The standard InChI is InChI=1S/C8H9ClF2/c1-6(9)8(11)4-2-3-7(10)5-8/h2-4,6H,5H2,1H3. The second-order valence-corrected chi connectivity index (χ2v) is 3.35. The van der Waals surface area contributed by atoms with E-state index >= 15 is 0 Å². The second-order valence-electron chi connectivity index (χ2n) is 2.69. The zero-order chi connectivity index (χ0) is 8.48. The predicted molar refractivity (Wildman–Crippen MR) is 42.1 cm³/mol. The summed E-state index contributed by atoms with van der Waals surface area (Å²) in [5.41, 5.74) is -1.71. The van der Waals surface area contributed by atoms with Gasteiger partial charge in [0.05, 0.1) is 5.38 Å². The monoisotopic (exact) mass is 178 g/mol. The Kier molecular flexibility index (Phi) is 2.33. The third-order valence-corrected chi connectivity index (χ3v) is 2.11. The molecule has 0 nitrogen and oxygen atoms in total. The van der Waals surface area contributed by atoms with Gasteiger partial charge in [-0.15, -0.1) is 11.6 Å². The summed E-state index contributed by atoms with van der Waals surface area (Å²) in [6, 6.07) is 0. The zero-order valence-corrected chi connectivity index (χ0v) is 6.91. The number of allylic oxidation sites excluding steroid dienone is 4. The molecule has 1 aliphatic carbocycles. The molecule has 0 heterocycles. The van der Waals surface area contributed by atoms with Crippen LogP contribution in [0.15, 0.2) is 24.1 Å². The molecule has 0 aromatic carbocycles. The van der Waals surface area contributed by atoms with Crippen LogP contribution in [-0.2, 0) is 0 Å². The molecule has 0 spiro atoms. The van der Waals surface area contributed by atoms with Gasteiger partial charge in [-0.2, -0.15) is 0 Å². The summed E-state index contributed by atoms with van der Waals surface area (Å²) in [5.74, 6) is -0.456. The third-order valence-electron chi connectivity index (χ3n) is 1.75. The summed E-state index contributed by atoms with van der Waals surface area (Å²) in [6.45, 7) is 1.52. The third kappa shape index (κ3) is 1.80. The maximum Gasteiger partial charge on any atom is 0.151 e. The van der Waals surface area contributed by atoms with Gasteiger partial charge in [0.2, 0.25) is 0 Å². The number of alkyl halides is 2. The smallest absolute Gasteiger partial charge is 0.151 e. The van der Waals surface area contributed by atoms with Gasteiger partial charge in [-0.05, 0) is 19.1 Å². The molecule has 1 aliphatic rings. The Hall–Kier alpha value is -0.370. The Balaban J connectivity index is 2.78. The SMILES string of the molecule is CC(Cl)C1(F)C=CC=C(F)C1. The lowest BCUT2D eigenvalue weighted by Crippen LogP contribution is -2.31. The molecule has 0 bridgehead atoms. The number of hydrogen-bond acceptors (Lipinski definition) is 0. The summed E-state index contributed by atoms with van der Waals surface area (Å²) in [7, 11) is 0. The molecular formula is C8H9ClF2. The van der Waals surface area contributed by atoms with E-state index in [0.717, 1.165) is 0 Å². The average molecular weight is 179 g/mol. The molecule has 0 aromatic heterocycles. The topological polar surface area (TPSA) is 0 Å². The van der Waals surface area contributed by atoms with E-state index in [-0.39, 0.29) is 6.42 Å². The molecule has 3 heteroatoms. The molecule has 0 aliphatic heterocycles. The first kappa shape index (κ1) is 8.72. The Bertz CT molecular complexity index is 208. The molecule has 0 aromatic rings. The maximum absolute atomic E-state index is 13.4. The van der Waals surface area contributed by atoms with E-state index in [0.29, 0.717) is 0 Å². The lowest BCUT2D eigenvalue weighted by atomic mass is 9.93. The first-order valence-electron chi connectivity index (χ1n) is 3.41. The Morgan fingerprint density at radius 1 is 1.73 bits per heavy atom. The minimum atomic E-state index is -1.71. The quantitative estimate of drug-likeness (QED) is 0.542. The van der Waals surface area contributed by atoms with Crippen LogP contribution in [-0.4, -0.2) is 11.0 Å². The largest absolute Gasteiger partial charge is 0.237 e. The van der Waals surface area contributed by atoms with Crippen molar-refractivity contribution < 1.29 is 8.78 Å². The minimum Gasteiger partial charge on any atom is -0.237 e. The molecular weight excluding hydrogens is 170 g/mol. The molecule has 0 saturated heterocycles. The van der Waals surface area contributed by atoms with Crippen molar-refractivity contribution in [1.29, 1.82) is 0 Å². The number of hydrogen-bond donors (Lipinski definition) is 0. The Labute approximate surface area is 69.5 Å². The number of rotatable bonds is 1. The van der Waals surface area contributed by atoms with Gasteiger partial charge in [0.15, 0.2) is 5.67 Å². The van der Waals surface area contributed by atoms with Gasteiger partial charge < -0.3 is 0 Å². The summed E-state index contributed by atoms with van der Waals surface area (Å²) in [4.78, 5) is 0. The van der Waals surface area contributed by atoms with E-state index in [2.05, 4.69) is 0 Å². The number of halogens is 3. The molecule has 0 amide bonds. The van der Waals surface area contributed by atoms with Gasteiger partial charge in [0.1, 0.15) is 5.83 Å². The lowest BCUT2D eigenvalue weighted by Gasteiger charge is -2.25. The highest BCUT2D eigenvalue weighted by molar-refractivity contribution is 6.21. The minimum absolute atomic E-state index is 0.242. The molecule has 62 valence electrons. The molecule has 1 rings (SSSR count). The lowest BCUT2D eigenvalue weighted by molar-refractivity contribution is 0.211. The van der Waals surface area contributed by atoms with E-state index in [1.807, 2.05) is 0 Å². The van der Waals surface area contributed by atoms with E-state index in [1.54, 1.807) is 0 Å². The first-order chi connectivity index (χ1) is 5.04. The van der Waals surface area contributed by atoms with Crippen molar-refractivity contribution >= 4 is 11.6 Å².